The fraction of sp³-hybridized carbons (Fsp3) is 0.0769. The molecule has 3 amide bonds. The zero-order valence-corrected chi connectivity index (χ0v) is 11.3. The van der Waals surface area contributed by atoms with Gasteiger partial charge in [-0.25, -0.2) is 4.79 Å². The number of benzene rings is 1. The highest BCUT2D eigenvalue weighted by Crippen LogP contribution is 2.24. The molecule has 0 bridgehead atoms. The summed E-state index contributed by atoms with van der Waals surface area (Å²) >= 11 is 11.7. The predicted octanol–water partition coefficient (Wildman–Crippen LogP) is 3.07. The Kier molecular flexibility index (Phi) is 3.93. The number of hydrogen-bond donors (Lipinski definition) is 1. The molecule has 0 spiro atoms. The highest BCUT2D eigenvalue weighted by atomic mass is 35.5. The summed E-state index contributed by atoms with van der Waals surface area (Å²) in [6.07, 6.45) is 3.03. The van der Waals surface area contributed by atoms with E-state index in [2.05, 4.69) is 11.9 Å². The largest absolute Gasteiger partial charge is 0.329 e. The molecule has 1 aromatic rings. The number of hydrogen-bond acceptors (Lipinski definition) is 2. The summed E-state index contributed by atoms with van der Waals surface area (Å²) in [6.45, 7) is 3.67. The molecule has 1 saturated heterocycles. The Morgan fingerprint density at radius 1 is 1.26 bits per heavy atom. The number of nitrogens with one attached hydrogen (secondary N) is 1. The first-order valence-corrected chi connectivity index (χ1v) is 6.19. The second-order valence-corrected chi connectivity index (χ2v) is 4.68. The van der Waals surface area contributed by atoms with Crippen molar-refractivity contribution in [3.8, 4) is 0 Å². The molecule has 4 nitrogen and oxygen atoms in total. The Morgan fingerprint density at radius 2 is 2.00 bits per heavy atom. The van der Waals surface area contributed by atoms with Crippen molar-refractivity contribution in [1.82, 2.24) is 10.2 Å². The first kappa shape index (κ1) is 13.6. The highest BCUT2D eigenvalue weighted by Gasteiger charge is 2.32. The molecule has 1 aliphatic heterocycles. The minimum atomic E-state index is -0.462. The standard InChI is InChI=1S/C13H10Cl2N2O2/c1-2-5-17-12(18)11(16-13(17)19)7-8-3-4-9(14)10(15)6-8/h2-4,6-7H,1,5H2,(H,16,19)/b11-7+. The lowest BCUT2D eigenvalue weighted by atomic mass is 10.2. The zero-order valence-electron chi connectivity index (χ0n) is 9.82. The molecular weight excluding hydrogens is 287 g/mol. The number of halogens is 2. The van der Waals surface area contributed by atoms with Crippen molar-refractivity contribution < 1.29 is 9.59 Å². The van der Waals surface area contributed by atoms with Crippen molar-refractivity contribution in [2.24, 2.45) is 0 Å². The molecule has 19 heavy (non-hydrogen) atoms. The lowest BCUT2D eigenvalue weighted by Gasteiger charge is -2.06. The second kappa shape index (κ2) is 5.47. The molecule has 1 aliphatic rings. The van der Waals surface area contributed by atoms with Crippen LogP contribution in [-0.4, -0.2) is 23.4 Å². The molecule has 0 saturated carbocycles. The van der Waals surface area contributed by atoms with Crippen LogP contribution in [0.3, 0.4) is 0 Å². The van der Waals surface area contributed by atoms with Gasteiger partial charge in [0.1, 0.15) is 5.70 Å². The van der Waals surface area contributed by atoms with Gasteiger partial charge in [-0.2, -0.15) is 0 Å². The van der Waals surface area contributed by atoms with E-state index in [1.807, 2.05) is 0 Å². The average molecular weight is 297 g/mol. The van der Waals surface area contributed by atoms with E-state index in [0.29, 0.717) is 15.6 Å². The third-order valence-electron chi connectivity index (χ3n) is 2.53. The fourth-order valence-electron chi connectivity index (χ4n) is 1.64. The van der Waals surface area contributed by atoms with Gasteiger partial charge in [-0.3, -0.25) is 9.69 Å². The Hall–Kier alpha value is -1.78. The van der Waals surface area contributed by atoms with Gasteiger partial charge in [-0.15, -0.1) is 6.58 Å². The summed E-state index contributed by atoms with van der Waals surface area (Å²) in [5.74, 6) is -0.393. The van der Waals surface area contributed by atoms with E-state index >= 15 is 0 Å². The van der Waals surface area contributed by atoms with E-state index in [-0.39, 0.29) is 12.2 Å². The van der Waals surface area contributed by atoms with Crippen molar-refractivity contribution in [3.05, 3.63) is 52.2 Å². The van der Waals surface area contributed by atoms with Crippen molar-refractivity contribution in [1.29, 1.82) is 0 Å². The molecule has 1 aromatic carbocycles. The van der Waals surface area contributed by atoms with Crippen LogP contribution in [0, 0.1) is 0 Å². The Balaban J connectivity index is 2.29. The fourth-order valence-corrected chi connectivity index (χ4v) is 1.94. The number of rotatable bonds is 3. The average Bonchev–Trinajstić information content (AvgIpc) is 2.62. The predicted molar refractivity (Wildman–Crippen MR) is 74.9 cm³/mol. The van der Waals surface area contributed by atoms with Gasteiger partial charge in [0.2, 0.25) is 0 Å². The molecule has 0 aliphatic carbocycles. The molecule has 1 fully saturated rings. The van der Waals surface area contributed by atoms with Gasteiger partial charge in [-0.1, -0.05) is 35.3 Å². The summed E-state index contributed by atoms with van der Waals surface area (Å²) in [5.41, 5.74) is 0.878. The summed E-state index contributed by atoms with van der Waals surface area (Å²) < 4.78 is 0. The molecule has 0 atom stereocenters. The lowest BCUT2D eigenvalue weighted by molar-refractivity contribution is -0.122. The molecular formula is C13H10Cl2N2O2. The van der Waals surface area contributed by atoms with Gasteiger partial charge in [0.05, 0.1) is 10.0 Å². The monoisotopic (exact) mass is 296 g/mol. The molecule has 2 rings (SSSR count). The molecule has 0 radical (unpaired) electrons. The van der Waals surface area contributed by atoms with Crippen molar-refractivity contribution in [2.75, 3.05) is 6.54 Å². The number of nitrogens with zero attached hydrogens (tertiary/aromatic N) is 1. The maximum Gasteiger partial charge on any atom is 0.329 e. The normalized spacial score (nSPS) is 16.9. The van der Waals surface area contributed by atoms with Crippen molar-refractivity contribution in [2.45, 2.75) is 0 Å². The maximum atomic E-state index is 11.9. The van der Waals surface area contributed by atoms with E-state index < -0.39 is 11.9 Å². The maximum absolute atomic E-state index is 11.9. The van der Waals surface area contributed by atoms with E-state index in [9.17, 15) is 9.59 Å². The molecule has 1 N–H and O–H groups in total. The summed E-state index contributed by atoms with van der Waals surface area (Å²) in [6, 6.07) is 4.48. The van der Waals surface area contributed by atoms with Gasteiger partial charge >= 0.3 is 6.03 Å². The quantitative estimate of drug-likeness (QED) is 0.529. The SMILES string of the molecule is C=CCN1C(=O)N/C(=C/c2ccc(Cl)c(Cl)c2)C1=O. The first-order chi connectivity index (χ1) is 9.02. The molecule has 1 heterocycles. The van der Waals surface area contributed by atoms with Gasteiger partial charge in [0.25, 0.3) is 5.91 Å². The summed E-state index contributed by atoms with van der Waals surface area (Å²) in [7, 11) is 0. The number of carbonyl (C=O) groups excluding carboxylic acids is 2. The Morgan fingerprint density at radius 3 is 2.63 bits per heavy atom. The zero-order chi connectivity index (χ0) is 14.0. The van der Waals surface area contributed by atoms with Gasteiger partial charge in [0, 0.05) is 6.54 Å². The van der Waals surface area contributed by atoms with E-state index in [1.165, 1.54) is 6.08 Å². The van der Waals surface area contributed by atoms with Crippen molar-refractivity contribution >= 4 is 41.2 Å². The van der Waals surface area contributed by atoms with Crippen LogP contribution in [0.2, 0.25) is 10.0 Å². The third kappa shape index (κ3) is 2.80. The molecule has 0 aromatic heterocycles. The summed E-state index contributed by atoms with van der Waals surface area (Å²) in [4.78, 5) is 24.5. The van der Waals surface area contributed by atoms with Crippen LogP contribution in [0.4, 0.5) is 4.79 Å². The van der Waals surface area contributed by atoms with E-state index in [1.54, 1.807) is 24.3 Å². The Labute approximate surface area is 120 Å². The van der Waals surface area contributed by atoms with Crippen molar-refractivity contribution in [3.63, 3.8) is 0 Å². The Bertz CT molecular complexity index is 596. The van der Waals surface area contributed by atoms with E-state index in [4.69, 9.17) is 23.2 Å². The topological polar surface area (TPSA) is 49.4 Å². The minimum Gasteiger partial charge on any atom is -0.303 e. The smallest absolute Gasteiger partial charge is 0.303 e. The molecule has 0 unspecified atom stereocenters. The van der Waals surface area contributed by atoms with Crippen LogP contribution >= 0.6 is 23.2 Å². The van der Waals surface area contributed by atoms with Crippen LogP contribution in [0.5, 0.6) is 0 Å². The van der Waals surface area contributed by atoms with Crippen LogP contribution < -0.4 is 5.32 Å². The van der Waals surface area contributed by atoms with Gasteiger partial charge in [-0.05, 0) is 23.8 Å². The molecule has 6 heteroatoms. The van der Waals surface area contributed by atoms with Gasteiger partial charge in [0.15, 0.2) is 0 Å². The van der Waals surface area contributed by atoms with E-state index in [0.717, 1.165) is 4.90 Å². The molecule has 98 valence electrons. The number of amides is 3. The van der Waals surface area contributed by atoms with Gasteiger partial charge < -0.3 is 5.32 Å². The first-order valence-electron chi connectivity index (χ1n) is 5.43. The number of urea groups is 1. The lowest BCUT2D eigenvalue weighted by Crippen LogP contribution is -2.30. The number of carbonyl (C=O) groups is 2. The third-order valence-corrected chi connectivity index (χ3v) is 3.27. The highest BCUT2D eigenvalue weighted by molar-refractivity contribution is 6.42. The van der Waals surface area contributed by atoms with Crippen LogP contribution in [0.25, 0.3) is 6.08 Å². The number of imide groups is 1. The van der Waals surface area contributed by atoms with Crippen LogP contribution in [0.15, 0.2) is 36.6 Å². The second-order valence-electron chi connectivity index (χ2n) is 3.87. The van der Waals surface area contributed by atoms with Crippen LogP contribution in [0.1, 0.15) is 5.56 Å². The van der Waals surface area contributed by atoms with Crippen LogP contribution in [-0.2, 0) is 4.79 Å². The minimum absolute atomic E-state index is 0.170. The summed E-state index contributed by atoms with van der Waals surface area (Å²) in [5, 5.41) is 3.31.